The molecule has 0 fully saturated rings. The summed E-state index contributed by atoms with van der Waals surface area (Å²) in [6.07, 6.45) is 0. The van der Waals surface area contributed by atoms with Crippen molar-refractivity contribution in [3.05, 3.63) is 23.4 Å². The molecule has 0 atom stereocenters. The van der Waals surface area contributed by atoms with Gasteiger partial charge in [0.25, 0.3) is 0 Å². The molecule has 0 aliphatic rings. The van der Waals surface area contributed by atoms with Gasteiger partial charge in [-0.15, -0.1) is 0 Å². The monoisotopic (exact) mass is 208 g/mol. The van der Waals surface area contributed by atoms with Gasteiger partial charge < -0.3 is 10.1 Å². The molecule has 0 saturated carbocycles. The molecule has 4 nitrogen and oxygen atoms in total. The Kier molecular flexibility index (Phi) is 4.09. The van der Waals surface area contributed by atoms with Crippen LogP contribution >= 0.6 is 0 Å². The predicted molar refractivity (Wildman–Crippen MR) is 59.1 cm³/mol. The third-order valence-electron chi connectivity index (χ3n) is 1.82. The first-order chi connectivity index (χ1) is 7.17. The van der Waals surface area contributed by atoms with Gasteiger partial charge >= 0.3 is 5.97 Å². The van der Waals surface area contributed by atoms with Crippen LogP contribution in [0.2, 0.25) is 0 Å². The fraction of sp³-hybridized carbons (Fsp3) is 0.455. The molecule has 1 aromatic heterocycles. The minimum absolute atomic E-state index is 0.304. The lowest BCUT2D eigenvalue weighted by molar-refractivity contribution is 0.0526. The number of rotatable bonds is 4. The first-order valence-corrected chi connectivity index (χ1v) is 5.07. The first kappa shape index (κ1) is 11.5. The smallest absolute Gasteiger partial charge is 0.338 e. The number of anilines is 1. The first-order valence-electron chi connectivity index (χ1n) is 5.07. The van der Waals surface area contributed by atoms with Crippen LogP contribution in [0.15, 0.2) is 12.1 Å². The van der Waals surface area contributed by atoms with Gasteiger partial charge in [0.2, 0.25) is 0 Å². The fourth-order valence-electron chi connectivity index (χ4n) is 1.27. The van der Waals surface area contributed by atoms with Crippen LogP contribution in [0, 0.1) is 6.92 Å². The van der Waals surface area contributed by atoms with Crippen molar-refractivity contribution < 1.29 is 9.53 Å². The number of pyridine rings is 1. The molecule has 0 saturated heterocycles. The van der Waals surface area contributed by atoms with Gasteiger partial charge in [-0.05, 0) is 32.9 Å². The van der Waals surface area contributed by atoms with Crippen molar-refractivity contribution in [2.24, 2.45) is 0 Å². The molecule has 0 spiro atoms. The van der Waals surface area contributed by atoms with Crippen LogP contribution in [0.4, 0.5) is 5.82 Å². The van der Waals surface area contributed by atoms with Gasteiger partial charge in [0, 0.05) is 12.2 Å². The number of nitrogens with one attached hydrogen (secondary N) is 1. The van der Waals surface area contributed by atoms with Gasteiger partial charge in [-0.3, -0.25) is 0 Å². The molecule has 0 aliphatic heterocycles. The van der Waals surface area contributed by atoms with E-state index in [1.807, 2.05) is 13.8 Å². The maximum absolute atomic E-state index is 11.5. The minimum atomic E-state index is -0.304. The standard InChI is InChI=1S/C11H16N2O2/c1-4-12-10-7-9(6-8(3)13-10)11(14)15-5-2/h6-7H,4-5H2,1-3H3,(H,12,13). The average Bonchev–Trinajstić information content (AvgIpc) is 2.17. The largest absolute Gasteiger partial charge is 0.462 e. The quantitative estimate of drug-likeness (QED) is 0.769. The molecule has 1 N–H and O–H groups in total. The molecular weight excluding hydrogens is 192 g/mol. The Labute approximate surface area is 89.7 Å². The van der Waals surface area contributed by atoms with E-state index >= 15 is 0 Å². The molecule has 0 radical (unpaired) electrons. The van der Waals surface area contributed by atoms with E-state index in [9.17, 15) is 4.79 Å². The van der Waals surface area contributed by atoms with E-state index in [4.69, 9.17) is 4.74 Å². The highest BCUT2D eigenvalue weighted by Crippen LogP contribution is 2.11. The molecule has 1 rings (SSSR count). The summed E-state index contributed by atoms with van der Waals surface area (Å²) in [4.78, 5) is 15.7. The number of esters is 1. The van der Waals surface area contributed by atoms with Crippen LogP contribution < -0.4 is 5.32 Å². The molecular formula is C11H16N2O2. The number of hydrogen-bond donors (Lipinski definition) is 1. The van der Waals surface area contributed by atoms with E-state index in [1.54, 1.807) is 19.1 Å². The molecule has 0 amide bonds. The van der Waals surface area contributed by atoms with E-state index in [2.05, 4.69) is 10.3 Å². The predicted octanol–water partition coefficient (Wildman–Crippen LogP) is 2.00. The van der Waals surface area contributed by atoms with Crippen LogP contribution in [-0.2, 0) is 4.74 Å². The number of nitrogens with zero attached hydrogens (tertiary/aromatic N) is 1. The summed E-state index contributed by atoms with van der Waals surface area (Å²) < 4.78 is 4.92. The van der Waals surface area contributed by atoms with E-state index in [-0.39, 0.29) is 5.97 Å². The molecule has 0 aliphatic carbocycles. The number of aromatic nitrogens is 1. The maximum Gasteiger partial charge on any atom is 0.338 e. The van der Waals surface area contributed by atoms with Gasteiger partial charge in [0.1, 0.15) is 5.82 Å². The van der Waals surface area contributed by atoms with Gasteiger partial charge in [0.05, 0.1) is 12.2 Å². The molecule has 1 aromatic rings. The van der Waals surface area contributed by atoms with Crippen LogP contribution in [0.1, 0.15) is 29.9 Å². The maximum atomic E-state index is 11.5. The van der Waals surface area contributed by atoms with Crippen LogP contribution in [0.3, 0.4) is 0 Å². The Balaban J connectivity index is 2.92. The number of hydrogen-bond acceptors (Lipinski definition) is 4. The van der Waals surface area contributed by atoms with Gasteiger partial charge in [-0.2, -0.15) is 0 Å². The summed E-state index contributed by atoms with van der Waals surface area (Å²) in [7, 11) is 0. The summed E-state index contributed by atoms with van der Waals surface area (Å²) in [6.45, 7) is 6.78. The summed E-state index contributed by atoms with van der Waals surface area (Å²) in [5.74, 6) is 0.405. The van der Waals surface area contributed by atoms with Crippen molar-refractivity contribution in [2.45, 2.75) is 20.8 Å². The van der Waals surface area contributed by atoms with Gasteiger partial charge in [-0.1, -0.05) is 0 Å². The summed E-state index contributed by atoms with van der Waals surface area (Å²) >= 11 is 0. The molecule has 0 unspecified atom stereocenters. The van der Waals surface area contributed by atoms with Crippen molar-refractivity contribution >= 4 is 11.8 Å². The summed E-state index contributed by atoms with van der Waals surface area (Å²) in [5.41, 5.74) is 1.34. The van der Waals surface area contributed by atoms with Crippen molar-refractivity contribution in [3.8, 4) is 0 Å². The average molecular weight is 208 g/mol. The third-order valence-corrected chi connectivity index (χ3v) is 1.82. The van der Waals surface area contributed by atoms with E-state index in [0.717, 1.165) is 12.2 Å². The lowest BCUT2D eigenvalue weighted by Crippen LogP contribution is -2.08. The molecule has 15 heavy (non-hydrogen) atoms. The zero-order valence-electron chi connectivity index (χ0n) is 9.33. The molecule has 4 heteroatoms. The highest BCUT2D eigenvalue weighted by atomic mass is 16.5. The van der Waals surface area contributed by atoms with Crippen LogP contribution in [0.25, 0.3) is 0 Å². The van der Waals surface area contributed by atoms with Crippen molar-refractivity contribution in [2.75, 3.05) is 18.5 Å². The Morgan fingerprint density at radius 1 is 1.47 bits per heavy atom. The second-order valence-corrected chi connectivity index (χ2v) is 3.13. The molecule has 82 valence electrons. The molecule has 1 heterocycles. The number of carbonyl (C=O) groups excluding carboxylic acids is 1. The molecule has 0 aromatic carbocycles. The van der Waals surface area contributed by atoms with Gasteiger partial charge in [0.15, 0.2) is 0 Å². The van der Waals surface area contributed by atoms with Crippen molar-refractivity contribution in [3.63, 3.8) is 0 Å². The Morgan fingerprint density at radius 3 is 2.80 bits per heavy atom. The Morgan fingerprint density at radius 2 is 2.20 bits per heavy atom. The highest BCUT2D eigenvalue weighted by Gasteiger charge is 2.08. The minimum Gasteiger partial charge on any atom is -0.462 e. The topological polar surface area (TPSA) is 51.2 Å². The number of carbonyl (C=O) groups is 1. The Bertz CT molecular complexity index is 350. The summed E-state index contributed by atoms with van der Waals surface area (Å²) in [5, 5.41) is 3.07. The second kappa shape index (κ2) is 5.34. The normalized spacial score (nSPS) is 9.80. The zero-order valence-corrected chi connectivity index (χ0v) is 9.33. The van der Waals surface area contributed by atoms with E-state index < -0.39 is 0 Å². The van der Waals surface area contributed by atoms with Crippen molar-refractivity contribution in [1.29, 1.82) is 0 Å². The lowest BCUT2D eigenvalue weighted by Gasteiger charge is -2.07. The lowest BCUT2D eigenvalue weighted by atomic mass is 10.2. The zero-order chi connectivity index (χ0) is 11.3. The number of aryl methyl sites for hydroxylation is 1. The SMILES string of the molecule is CCNc1cc(C(=O)OCC)cc(C)n1. The van der Waals surface area contributed by atoms with Gasteiger partial charge in [-0.25, -0.2) is 9.78 Å². The fourth-order valence-corrected chi connectivity index (χ4v) is 1.27. The molecule has 0 bridgehead atoms. The third kappa shape index (κ3) is 3.23. The second-order valence-electron chi connectivity index (χ2n) is 3.13. The summed E-state index contributed by atoms with van der Waals surface area (Å²) in [6, 6.07) is 3.42. The van der Waals surface area contributed by atoms with Crippen LogP contribution in [-0.4, -0.2) is 24.1 Å². The van der Waals surface area contributed by atoms with E-state index in [0.29, 0.717) is 18.0 Å². The highest BCUT2D eigenvalue weighted by molar-refractivity contribution is 5.90. The number of ether oxygens (including phenoxy) is 1. The Hall–Kier alpha value is -1.58. The van der Waals surface area contributed by atoms with E-state index in [1.165, 1.54) is 0 Å². The van der Waals surface area contributed by atoms with Crippen molar-refractivity contribution in [1.82, 2.24) is 4.98 Å². The van der Waals surface area contributed by atoms with Crippen LogP contribution in [0.5, 0.6) is 0 Å².